The SMILES string of the molecule is Nc1cc(-c2ccc(S)c(N)c2)ccc1S. The summed E-state index contributed by atoms with van der Waals surface area (Å²) in [6.45, 7) is 0. The number of hydrogen-bond donors (Lipinski definition) is 4. The highest BCUT2D eigenvalue weighted by Gasteiger charge is 2.02. The van der Waals surface area contributed by atoms with Gasteiger partial charge in [-0.2, -0.15) is 0 Å². The molecule has 0 saturated heterocycles. The molecule has 0 aliphatic heterocycles. The van der Waals surface area contributed by atoms with Gasteiger partial charge in [0.1, 0.15) is 0 Å². The summed E-state index contributed by atoms with van der Waals surface area (Å²) in [5, 5.41) is 0. The molecule has 2 aromatic carbocycles. The molecule has 16 heavy (non-hydrogen) atoms. The van der Waals surface area contributed by atoms with Crippen molar-refractivity contribution in [2.24, 2.45) is 0 Å². The summed E-state index contributed by atoms with van der Waals surface area (Å²) in [7, 11) is 0. The summed E-state index contributed by atoms with van der Waals surface area (Å²) >= 11 is 8.46. The van der Waals surface area contributed by atoms with Crippen molar-refractivity contribution in [2.45, 2.75) is 9.79 Å². The summed E-state index contributed by atoms with van der Waals surface area (Å²) in [6, 6.07) is 11.4. The van der Waals surface area contributed by atoms with Crippen LogP contribution in [0.2, 0.25) is 0 Å². The fourth-order valence-electron chi connectivity index (χ4n) is 1.47. The molecule has 2 aromatic rings. The van der Waals surface area contributed by atoms with Crippen molar-refractivity contribution in [2.75, 3.05) is 11.5 Å². The van der Waals surface area contributed by atoms with Crippen molar-refractivity contribution in [3.8, 4) is 11.1 Å². The molecule has 2 rings (SSSR count). The topological polar surface area (TPSA) is 52.0 Å². The Morgan fingerprint density at radius 3 is 1.38 bits per heavy atom. The van der Waals surface area contributed by atoms with Crippen LogP contribution >= 0.6 is 25.3 Å². The maximum Gasteiger partial charge on any atom is 0.0455 e. The van der Waals surface area contributed by atoms with Crippen molar-refractivity contribution >= 4 is 36.6 Å². The lowest BCUT2D eigenvalue weighted by Gasteiger charge is -2.07. The number of benzene rings is 2. The molecule has 4 heteroatoms. The number of anilines is 2. The van der Waals surface area contributed by atoms with E-state index in [1.807, 2.05) is 36.4 Å². The van der Waals surface area contributed by atoms with Gasteiger partial charge < -0.3 is 11.5 Å². The lowest BCUT2D eigenvalue weighted by molar-refractivity contribution is 1.44. The number of rotatable bonds is 1. The van der Waals surface area contributed by atoms with E-state index in [1.165, 1.54) is 0 Å². The van der Waals surface area contributed by atoms with Crippen LogP contribution in [-0.2, 0) is 0 Å². The molecule has 0 bridgehead atoms. The molecule has 0 amide bonds. The number of nitrogens with two attached hydrogens (primary N) is 2. The van der Waals surface area contributed by atoms with Crippen LogP contribution in [0.3, 0.4) is 0 Å². The first-order valence-electron chi connectivity index (χ1n) is 4.75. The summed E-state index contributed by atoms with van der Waals surface area (Å²) in [6.07, 6.45) is 0. The van der Waals surface area contributed by atoms with E-state index in [1.54, 1.807) is 0 Å². The molecule has 2 nitrogen and oxygen atoms in total. The van der Waals surface area contributed by atoms with Crippen LogP contribution < -0.4 is 11.5 Å². The highest BCUT2D eigenvalue weighted by molar-refractivity contribution is 7.80. The molecule has 0 fully saturated rings. The van der Waals surface area contributed by atoms with Gasteiger partial charge in [-0.15, -0.1) is 25.3 Å². The monoisotopic (exact) mass is 248 g/mol. The summed E-state index contributed by atoms with van der Waals surface area (Å²) in [4.78, 5) is 1.56. The largest absolute Gasteiger partial charge is 0.398 e. The van der Waals surface area contributed by atoms with Crippen molar-refractivity contribution in [1.29, 1.82) is 0 Å². The minimum Gasteiger partial charge on any atom is -0.398 e. The Bertz CT molecular complexity index is 489. The van der Waals surface area contributed by atoms with Crippen LogP contribution in [0.25, 0.3) is 11.1 Å². The molecular weight excluding hydrogens is 236 g/mol. The van der Waals surface area contributed by atoms with Crippen molar-refractivity contribution in [3.63, 3.8) is 0 Å². The summed E-state index contributed by atoms with van der Waals surface area (Å²) < 4.78 is 0. The molecule has 0 atom stereocenters. The fourth-order valence-corrected chi connectivity index (χ4v) is 1.75. The average Bonchev–Trinajstić information content (AvgIpc) is 2.26. The average molecular weight is 248 g/mol. The molecule has 4 N–H and O–H groups in total. The zero-order valence-electron chi connectivity index (χ0n) is 8.51. The first-order chi connectivity index (χ1) is 7.58. The smallest absolute Gasteiger partial charge is 0.0455 e. The molecule has 0 aliphatic rings. The molecule has 0 aromatic heterocycles. The second kappa shape index (κ2) is 4.31. The van der Waals surface area contributed by atoms with E-state index in [2.05, 4.69) is 25.3 Å². The molecule has 0 aliphatic carbocycles. The molecule has 0 unspecified atom stereocenters. The highest BCUT2D eigenvalue weighted by Crippen LogP contribution is 2.29. The Balaban J connectivity index is 2.50. The lowest BCUT2D eigenvalue weighted by Crippen LogP contribution is -1.90. The van der Waals surface area contributed by atoms with Crippen molar-refractivity contribution in [1.82, 2.24) is 0 Å². The fraction of sp³-hybridized carbons (Fsp3) is 0. The molecule has 0 saturated carbocycles. The van der Waals surface area contributed by atoms with E-state index in [0.29, 0.717) is 11.4 Å². The van der Waals surface area contributed by atoms with Gasteiger partial charge in [-0.3, -0.25) is 0 Å². The van der Waals surface area contributed by atoms with Crippen LogP contribution in [0, 0.1) is 0 Å². The van der Waals surface area contributed by atoms with Gasteiger partial charge >= 0.3 is 0 Å². The molecular formula is C12H12N2S2. The second-order valence-corrected chi connectivity index (χ2v) is 4.51. The Morgan fingerprint density at radius 2 is 1.06 bits per heavy atom. The van der Waals surface area contributed by atoms with E-state index in [9.17, 15) is 0 Å². The van der Waals surface area contributed by atoms with Gasteiger partial charge in [-0.25, -0.2) is 0 Å². The summed E-state index contributed by atoms with van der Waals surface area (Å²) in [5.74, 6) is 0. The van der Waals surface area contributed by atoms with Gasteiger partial charge in [0.05, 0.1) is 0 Å². The number of nitrogen functional groups attached to an aromatic ring is 2. The van der Waals surface area contributed by atoms with Crippen LogP contribution in [0.5, 0.6) is 0 Å². The Morgan fingerprint density at radius 1 is 0.688 bits per heavy atom. The van der Waals surface area contributed by atoms with E-state index in [4.69, 9.17) is 11.5 Å². The van der Waals surface area contributed by atoms with Gasteiger partial charge in [0, 0.05) is 21.2 Å². The van der Waals surface area contributed by atoms with Crippen LogP contribution in [0.4, 0.5) is 11.4 Å². The molecule has 0 radical (unpaired) electrons. The number of thiol groups is 2. The maximum atomic E-state index is 5.80. The van der Waals surface area contributed by atoms with Crippen molar-refractivity contribution < 1.29 is 0 Å². The first kappa shape index (κ1) is 11.2. The zero-order valence-corrected chi connectivity index (χ0v) is 10.3. The van der Waals surface area contributed by atoms with E-state index < -0.39 is 0 Å². The quantitative estimate of drug-likeness (QED) is 0.463. The zero-order chi connectivity index (χ0) is 11.7. The predicted molar refractivity (Wildman–Crippen MR) is 75.2 cm³/mol. The van der Waals surface area contributed by atoms with Crippen LogP contribution in [-0.4, -0.2) is 0 Å². The summed E-state index contributed by atoms with van der Waals surface area (Å²) in [5.41, 5.74) is 15.0. The highest BCUT2D eigenvalue weighted by atomic mass is 32.1. The first-order valence-corrected chi connectivity index (χ1v) is 5.65. The maximum absolute atomic E-state index is 5.80. The third kappa shape index (κ3) is 2.13. The van der Waals surface area contributed by atoms with Gasteiger partial charge in [0.25, 0.3) is 0 Å². The van der Waals surface area contributed by atoms with Crippen molar-refractivity contribution in [3.05, 3.63) is 36.4 Å². The van der Waals surface area contributed by atoms with Gasteiger partial charge in [-0.1, -0.05) is 12.1 Å². The molecule has 82 valence electrons. The minimum atomic E-state index is 0.661. The van der Waals surface area contributed by atoms with Gasteiger partial charge in [0.15, 0.2) is 0 Å². The molecule has 0 spiro atoms. The second-order valence-electron chi connectivity index (χ2n) is 3.55. The normalized spacial score (nSPS) is 10.4. The minimum absolute atomic E-state index is 0.661. The third-order valence-electron chi connectivity index (χ3n) is 2.39. The Labute approximate surface area is 105 Å². The third-order valence-corrected chi connectivity index (χ3v) is 3.20. The Hall–Kier alpha value is -1.26. The van der Waals surface area contributed by atoms with E-state index >= 15 is 0 Å². The van der Waals surface area contributed by atoms with E-state index in [0.717, 1.165) is 20.9 Å². The van der Waals surface area contributed by atoms with E-state index in [-0.39, 0.29) is 0 Å². The predicted octanol–water partition coefficient (Wildman–Crippen LogP) is 3.10. The number of hydrogen-bond acceptors (Lipinski definition) is 4. The van der Waals surface area contributed by atoms with Crippen LogP contribution in [0.15, 0.2) is 46.2 Å². The van der Waals surface area contributed by atoms with Gasteiger partial charge in [0.2, 0.25) is 0 Å². The Kier molecular flexibility index (Phi) is 3.03. The van der Waals surface area contributed by atoms with Crippen LogP contribution in [0.1, 0.15) is 0 Å². The lowest BCUT2D eigenvalue weighted by atomic mass is 10.0. The van der Waals surface area contributed by atoms with Gasteiger partial charge in [-0.05, 0) is 35.4 Å². The molecule has 0 heterocycles. The standard InChI is InChI=1S/C12H12N2S2/c13-9-5-7(1-3-11(9)15)8-2-4-12(16)10(14)6-8/h1-6,15-16H,13-14H2.